The number of carbonyl (C=O) groups is 5. The summed E-state index contributed by atoms with van der Waals surface area (Å²) < 4.78 is 5.13. The van der Waals surface area contributed by atoms with Crippen LogP contribution in [0.4, 0.5) is 0 Å². The van der Waals surface area contributed by atoms with E-state index in [1.54, 1.807) is 24.3 Å². The van der Waals surface area contributed by atoms with E-state index in [1.165, 1.54) is 16.9 Å². The first kappa shape index (κ1) is 36.3. The molecule has 4 amide bonds. The van der Waals surface area contributed by atoms with Crippen LogP contribution in [-0.4, -0.2) is 125 Å². The summed E-state index contributed by atoms with van der Waals surface area (Å²) in [4.78, 5) is 67.2. The van der Waals surface area contributed by atoms with Crippen LogP contribution in [0.1, 0.15) is 50.9 Å². The number of carboxylic acid groups (broad SMARTS) is 1. The van der Waals surface area contributed by atoms with E-state index in [-0.39, 0.29) is 63.3 Å². The smallest absolute Gasteiger partial charge is 0.326 e. The van der Waals surface area contributed by atoms with Crippen molar-refractivity contribution in [1.82, 2.24) is 20.0 Å². The van der Waals surface area contributed by atoms with Crippen molar-refractivity contribution >= 4 is 29.6 Å². The third kappa shape index (κ3) is 12.9. The third-order valence-electron chi connectivity index (χ3n) is 6.26. The van der Waals surface area contributed by atoms with Crippen LogP contribution in [-0.2, 0) is 19.2 Å². The molecule has 1 atom stereocenters. The normalized spacial score (nSPS) is 11.6. The maximum atomic E-state index is 13.3. The van der Waals surface area contributed by atoms with Gasteiger partial charge in [0.05, 0.1) is 26.9 Å². The Kier molecular flexibility index (Phi) is 16.1. The fourth-order valence-electron chi connectivity index (χ4n) is 4.19. The molecule has 0 saturated carbocycles. The van der Waals surface area contributed by atoms with Gasteiger partial charge in [-0.05, 0) is 42.5 Å². The highest BCUT2D eigenvalue weighted by molar-refractivity contribution is 5.97. The molecule has 0 heterocycles. The molecule has 236 valence electrons. The van der Waals surface area contributed by atoms with Crippen molar-refractivity contribution < 1.29 is 44.0 Å². The van der Waals surface area contributed by atoms with Gasteiger partial charge in [-0.1, -0.05) is 27.7 Å². The number of methoxy groups -OCH3 is 1. The molecule has 0 aliphatic carbocycles. The van der Waals surface area contributed by atoms with E-state index < -0.39 is 49.5 Å². The lowest BCUT2D eigenvalue weighted by Gasteiger charge is -2.30. The summed E-state index contributed by atoms with van der Waals surface area (Å²) >= 11 is 0. The SMILES string of the molecule is COc1ccc(C(=O)N(CC(=O)N(CCO)CC(=O)N(CCO)CCC(=O)N[C@@H](CC(C)C)C(=O)O)CC(C)C)cc1. The number of carbonyl (C=O) groups excluding carboxylic acids is 4. The number of hydrogen-bond donors (Lipinski definition) is 4. The van der Waals surface area contributed by atoms with Crippen molar-refractivity contribution in [3.63, 3.8) is 0 Å². The second-order valence-corrected chi connectivity index (χ2v) is 10.8. The molecule has 1 rings (SSSR count). The number of aliphatic hydroxyl groups is 2. The molecule has 1 aromatic rings. The minimum atomic E-state index is -1.16. The minimum absolute atomic E-state index is 0.0388. The molecular formula is C29H46N4O9. The van der Waals surface area contributed by atoms with Crippen molar-refractivity contribution in [3.8, 4) is 5.75 Å². The topological polar surface area (TPSA) is 177 Å². The largest absolute Gasteiger partial charge is 0.497 e. The number of aliphatic carboxylic acids is 1. The van der Waals surface area contributed by atoms with Gasteiger partial charge in [-0.2, -0.15) is 0 Å². The van der Waals surface area contributed by atoms with Crippen molar-refractivity contribution in [2.24, 2.45) is 11.8 Å². The second kappa shape index (κ2) is 18.7. The van der Waals surface area contributed by atoms with Gasteiger partial charge in [0.2, 0.25) is 17.7 Å². The number of nitrogens with one attached hydrogen (secondary N) is 1. The summed E-state index contributed by atoms with van der Waals surface area (Å²) in [7, 11) is 1.51. The molecule has 0 saturated heterocycles. The Morgan fingerprint density at radius 3 is 1.86 bits per heavy atom. The standard InChI is InChI=1S/C29H46N4O9/c1-20(2)16-24(29(40)41)30-25(36)10-11-31(12-14-34)26(37)18-32(13-15-35)27(38)19-33(17-21(3)4)28(39)22-6-8-23(42-5)9-7-22/h6-9,20-21,24,34-35H,10-19H2,1-5H3,(H,30,36)(H,40,41)/t24-/m0/s1. The van der Waals surface area contributed by atoms with Crippen molar-refractivity contribution in [3.05, 3.63) is 29.8 Å². The van der Waals surface area contributed by atoms with Gasteiger partial charge in [0.15, 0.2) is 0 Å². The van der Waals surface area contributed by atoms with Crippen LogP contribution in [0.5, 0.6) is 5.75 Å². The lowest BCUT2D eigenvalue weighted by atomic mass is 10.0. The Morgan fingerprint density at radius 1 is 0.810 bits per heavy atom. The number of amides is 4. The predicted octanol–water partition coefficient (Wildman–Crippen LogP) is 0.441. The molecule has 0 fully saturated rings. The van der Waals surface area contributed by atoms with E-state index in [0.29, 0.717) is 11.3 Å². The monoisotopic (exact) mass is 594 g/mol. The van der Waals surface area contributed by atoms with Gasteiger partial charge in [0.25, 0.3) is 5.91 Å². The summed E-state index contributed by atoms with van der Waals surface area (Å²) in [5.41, 5.74) is 0.361. The summed E-state index contributed by atoms with van der Waals surface area (Å²) in [5.74, 6) is -2.57. The molecule has 42 heavy (non-hydrogen) atoms. The Balaban J connectivity index is 2.95. The van der Waals surface area contributed by atoms with E-state index >= 15 is 0 Å². The van der Waals surface area contributed by atoms with E-state index in [2.05, 4.69) is 5.32 Å². The summed E-state index contributed by atoms with van der Waals surface area (Å²) in [6.45, 7) is 5.75. The van der Waals surface area contributed by atoms with Gasteiger partial charge in [0.1, 0.15) is 18.3 Å². The lowest BCUT2D eigenvalue weighted by molar-refractivity contribution is -0.143. The molecule has 0 unspecified atom stereocenters. The number of aliphatic hydroxyl groups excluding tert-OH is 2. The quantitative estimate of drug-likeness (QED) is 0.177. The van der Waals surface area contributed by atoms with Gasteiger partial charge >= 0.3 is 5.97 Å². The molecule has 0 radical (unpaired) electrons. The van der Waals surface area contributed by atoms with Gasteiger partial charge in [-0.25, -0.2) is 4.79 Å². The van der Waals surface area contributed by atoms with Crippen molar-refractivity contribution in [2.75, 3.05) is 59.6 Å². The fourth-order valence-corrected chi connectivity index (χ4v) is 4.19. The fraction of sp³-hybridized carbons (Fsp3) is 0.621. The molecule has 0 aromatic heterocycles. The second-order valence-electron chi connectivity index (χ2n) is 10.8. The number of hydrogen-bond acceptors (Lipinski definition) is 8. The Morgan fingerprint density at radius 2 is 1.36 bits per heavy atom. The molecule has 0 aliphatic heterocycles. The van der Waals surface area contributed by atoms with Crippen LogP contribution in [0.3, 0.4) is 0 Å². The summed E-state index contributed by atoms with van der Waals surface area (Å²) in [6, 6.07) is 5.41. The predicted molar refractivity (Wildman–Crippen MR) is 155 cm³/mol. The lowest BCUT2D eigenvalue weighted by Crippen LogP contribution is -2.50. The van der Waals surface area contributed by atoms with Crippen LogP contribution in [0.25, 0.3) is 0 Å². The van der Waals surface area contributed by atoms with Crippen LogP contribution < -0.4 is 10.1 Å². The average molecular weight is 595 g/mol. The number of nitrogens with zero attached hydrogens (tertiary/aromatic N) is 3. The molecule has 0 aliphatic rings. The molecule has 13 heteroatoms. The number of benzene rings is 1. The Hall–Kier alpha value is -3.71. The van der Waals surface area contributed by atoms with E-state index in [9.17, 15) is 39.3 Å². The highest BCUT2D eigenvalue weighted by Gasteiger charge is 2.27. The van der Waals surface area contributed by atoms with Crippen LogP contribution in [0, 0.1) is 11.8 Å². The average Bonchev–Trinajstić information content (AvgIpc) is 2.93. The molecular weight excluding hydrogens is 548 g/mol. The van der Waals surface area contributed by atoms with Gasteiger partial charge in [-0.15, -0.1) is 0 Å². The molecule has 0 bridgehead atoms. The van der Waals surface area contributed by atoms with Gasteiger partial charge in [0, 0.05) is 38.2 Å². The van der Waals surface area contributed by atoms with Gasteiger partial charge < -0.3 is 40.1 Å². The van der Waals surface area contributed by atoms with Crippen molar-refractivity contribution in [1.29, 1.82) is 0 Å². The number of ether oxygens (including phenoxy) is 1. The maximum Gasteiger partial charge on any atom is 0.326 e. The maximum absolute atomic E-state index is 13.3. The number of carboxylic acids is 1. The van der Waals surface area contributed by atoms with E-state index in [4.69, 9.17) is 4.74 Å². The van der Waals surface area contributed by atoms with Crippen LogP contribution in [0.15, 0.2) is 24.3 Å². The third-order valence-corrected chi connectivity index (χ3v) is 6.26. The Labute approximate surface area is 247 Å². The summed E-state index contributed by atoms with van der Waals surface area (Å²) in [5, 5.41) is 30.9. The van der Waals surface area contributed by atoms with Crippen LogP contribution >= 0.6 is 0 Å². The molecule has 13 nitrogen and oxygen atoms in total. The first-order valence-corrected chi connectivity index (χ1v) is 14.1. The minimum Gasteiger partial charge on any atom is -0.497 e. The highest BCUT2D eigenvalue weighted by atomic mass is 16.5. The number of rotatable bonds is 19. The Bertz CT molecular complexity index is 1030. The molecule has 4 N–H and O–H groups in total. The molecule has 1 aromatic carbocycles. The van der Waals surface area contributed by atoms with E-state index in [1.807, 2.05) is 27.7 Å². The first-order chi connectivity index (χ1) is 19.8. The van der Waals surface area contributed by atoms with E-state index in [0.717, 1.165) is 4.90 Å². The van der Waals surface area contributed by atoms with Crippen LogP contribution in [0.2, 0.25) is 0 Å². The summed E-state index contributed by atoms with van der Waals surface area (Å²) in [6.07, 6.45) is 0.0352. The first-order valence-electron chi connectivity index (χ1n) is 14.1. The zero-order valence-corrected chi connectivity index (χ0v) is 25.2. The highest BCUT2D eigenvalue weighted by Crippen LogP contribution is 2.14. The zero-order chi connectivity index (χ0) is 31.8. The molecule has 0 spiro atoms. The van der Waals surface area contributed by atoms with Crippen molar-refractivity contribution in [2.45, 2.75) is 46.6 Å². The zero-order valence-electron chi connectivity index (χ0n) is 25.2. The van der Waals surface area contributed by atoms with Gasteiger partial charge in [-0.3, -0.25) is 19.2 Å².